The molecule has 0 radical (unpaired) electrons. The SMILES string of the molecule is CCCNc1nc(-c2ccc(C)o2)nc(C(C)(C)C)c1I. The maximum atomic E-state index is 5.68. The zero-order valence-electron chi connectivity index (χ0n) is 13.2. The molecule has 1 N–H and O–H groups in total. The molecule has 2 aromatic heterocycles. The maximum absolute atomic E-state index is 5.68. The zero-order valence-corrected chi connectivity index (χ0v) is 15.4. The quantitative estimate of drug-likeness (QED) is 0.753. The van der Waals surface area contributed by atoms with Gasteiger partial charge in [-0.25, -0.2) is 9.97 Å². The number of nitrogens with one attached hydrogen (secondary N) is 1. The summed E-state index contributed by atoms with van der Waals surface area (Å²) in [6, 6.07) is 3.86. The van der Waals surface area contributed by atoms with Gasteiger partial charge in [-0.3, -0.25) is 0 Å². The van der Waals surface area contributed by atoms with Crippen LogP contribution in [-0.2, 0) is 5.41 Å². The topological polar surface area (TPSA) is 51.0 Å². The fraction of sp³-hybridized carbons (Fsp3) is 0.500. The van der Waals surface area contributed by atoms with Gasteiger partial charge >= 0.3 is 0 Å². The first-order valence-corrected chi connectivity index (χ1v) is 8.29. The first kappa shape index (κ1) is 16.3. The molecule has 4 nitrogen and oxygen atoms in total. The van der Waals surface area contributed by atoms with Crippen molar-refractivity contribution < 1.29 is 4.42 Å². The summed E-state index contributed by atoms with van der Waals surface area (Å²) in [6.07, 6.45) is 1.06. The van der Waals surface area contributed by atoms with Crippen molar-refractivity contribution in [3.05, 3.63) is 27.2 Å². The van der Waals surface area contributed by atoms with Crippen LogP contribution in [0.3, 0.4) is 0 Å². The van der Waals surface area contributed by atoms with Crippen molar-refractivity contribution >= 4 is 28.4 Å². The van der Waals surface area contributed by atoms with Gasteiger partial charge in [0, 0.05) is 12.0 Å². The molecule has 0 saturated heterocycles. The highest BCUT2D eigenvalue weighted by molar-refractivity contribution is 14.1. The molecule has 2 aromatic rings. The maximum Gasteiger partial charge on any atom is 0.197 e. The molecule has 0 fully saturated rings. The van der Waals surface area contributed by atoms with Crippen LogP contribution in [0.25, 0.3) is 11.6 Å². The highest BCUT2D eigenvalue weighted by atomic mass is 127. The molecular formula is C16H22IN3O. The van der Waals surface area contributed by atoms with Crippen molar-refractivity contribution in [1.82, 2.24) is 9.97 Å². The lowest BCUT2D eigenvalue weighted by atomic mass is 9.92. The average Bonchev–Trinajstić information content (AvgIpc) is 2.83. The number of rotatable bonds is 4. The molecule has 0 bridgehead atoms. The van der Waals surface area contributed by atoms with E-state index in [9.17, 15) is 0 Å². The second-order valence-electron chi connectivity index (χ2n) is 6.15. The van der Waals surface area contributed by atoms with Gasteiger partial charge in [-0.15, -0.1) is 0 Å². The number of anilines is 1. The van der Waals surface area contributed by atoms with E-state index in [0.29, 0.717) is 11.6 Å². The predicted molar refractivity (Wildman–Crippen MR) is 94.7 cm³/mol. The molecule has 0 aliphatic heterocycles. The van der Waals surface area contributed by atoms with Crippen LogP contribution >= 0.6 is 22.6 Å². The molecule has 0 spiro atoms. The fourth-order valence-corrected chi connectivity index (χ4v) is 3.21. The molecular weight excluding hydrogens is 377 g/mol. The second kappa shape index (κ2) is 6.34. The molecule has 21 heavy (non-hydrogen) atoms. The molecule has 0 saturated carbocycles. The largest absolute Gasteiger partial charge is 0.458 e. The first-order chi connectivity index (χ1) is 9.82. The third-order valence-electron chi connectivity index (χ3n) is 3.06. The molecule has 2 heterocycles. The molecule has 5 heteroatoms. The predicted octanol–water partition coefficient (Wildman–Crippen LogP) is 4.77. The summed E-state index contributed by atoms with van der Waals surface area (Å²) in [6.45, 7) is 11.5. The van der Waals surface area contributed by atoms with Gasteiger partial charge in [0.05, 0.1) is 9.26 Å². The van der Waals surface area contributed by atoms with Crippen molar-refractivity contribution in [2.45, 2.75) is 46.5 Å². The number of aryl methyl sites for hydroxylation is 1. The summed E-state index contributed by atoms with van der Waals surface area (Å²) in [7, 11) is 0. The van der Waals surface area contributed by atoms with E-state index >= 15 is 0 Å². The molecule has 0 aromatic carbocycles. The minimum absolute atomic E-state index is 0.0432. The number of halogens is 1. The van der Waals surface area contributed by atoms with E-state index in [-0.39, 0.29) is 5.41 Å². The number of aromatic nitrogens is 2. The summed E-state index contributed by atoms with van der Waals surface area (Å²) >= 11 is 2.33. The third kappa shape index (κ3) is 3.75. The lowest BCUT2D eigenvalue weighted by Gasteiger charge is -2.21. The van der Waals surface area contributed by atoms with Crippen LogP contribution in [0, 0.1) is 10.5 Å². The Morgan fingerprint density at radius 2 is 1.95 bits per heavy atom. The minimum Gasteiger partial charge on any atom is -0.458 e. The van der Waals surface area contributed by atoms with Gasteiger partial charge in [-0.2, -0.15) is 0 Å². The summed E-state index contributed by atoms with van der Waals surface area (Å²) < 4.78 is 6.77. The Morgan fingerprint density at radius 1 is 1.24 bits per heavy atom. The van der Waals surface area contributed by atoms with E-state index in [1.54, 1.807) is 0 Å². The molecule has 0 aliphatic rings. The summed E-state index contributed by atoms with van der Waals surface area (Å²) in [4.78, 5) is 9.39. The van der Waals surface area contributed by atoms with E-state index in [1.807, 2.05) is 19.1 Å². The van der Waals surface area contributed by atoms with Crippen molar-refractivity contribution in [3.63, 3.8) is 0 Å². The average molecular weight is 399 g/mol. The highest BCUT2D eigenvalue weighted by Crippen LogP contribution is 2.32. The zero-order chi connectivity index (χ0) is 15.6. The normalized spacial score (nSPS) is 11.7. The van der Waals surface area contributed by atoms with Gasteiger partial charge < -0.3 is 9.73 Å². The molecule has 0 atom stereocenters. The van der Waals surface area contributed by atoms with E-state index < -0.39 is 0 Å². The monoisotopic (exact) mass is 399 g/mol. The van der Waals surface area contributed by atoms with Gasteiger partial charge in [-0.05, 0) is 48.1 Å². The highest BCUT2D eigenvalue weighted by Gasteiger charge is 2.24. The molecule has 0 aliphatic carbocycles. The smallest absolute Gasteiger partial charge is 0.197 e. The van der Waals surface area contributed by atoms with Crippen LogP contribution in [0.4, 0.5) is 5.82 Å². The van der Waals surface area contributed by atoms with E-state index in [4.69, 9.17) is 9.40 Å². The fourth-order valence-electron chi connectivity index (χ4n) is 1.97. The number of hydrogen-bond acceptors (Lipinski definition) is 4. The lowest BCUT2D eigenvalue weighted by molar-refractivity contribution is 0.537. The Hall–Kier alpha value is -1.11. The van der Waals surface area contributed by atoms with Gasteiger partial charge in [0.1, 0.15) is 11.6 Å². The van der Waals surface area contributed by atoms with Crippen LogP contribution in [-0.4, -0.2) is 16.5 Å². The Bertz CT molecular complexity index is 629. The van der Waals surface area contributed by atoms with Crippen LogP contribution in [0.1, 0.15) is 45.6 Å². The minimum atomic E-state index is -0.0432. The molecule has 2 rings (SSSR count). The molecule has 0 amide bonds. The van der Waals surface area contributed by atoms with E-state index in [1.165, 1.54) is 0 Å². The summed E-state index contributed by atoms with van der Waals surface area (Å²) in [5.74, 6) is 3.12. The van der Waals surface area contributed by atoms with Crippen molar-refractivity contribution in [2.24, 2.45) is 0 Å². The lowest BCUT2D eigenvalue weighted by Crippen LogP contribution is -2.19. The van der Waals surface area contributed by atoms with Gasteiger partial charge in [0.15, 0.2) is 11.6 Å². The standard InChI is InChI=1S/C16H22IN3O/c1-6-9-18-15-12(17)13(16(3,4)5)19-14(20-15)11-8-7-10(2)21-11/h7-8H,6,9H2,1-5H3,(H,18,19,20). The summed E-state index contributed by atoms with van der Waals surface area (Å²) in [5, 5.41) is 3.39. The van der Waals surface area contributed by atoms with Gasteiger partial charge in [0.2, 0.25) is 0 Å². The van der Waals surface area contributed by atoms with Crippen LogP contribution in [0.5, 0.6) is 0 Å². The van der Waals surface area contributed by atoms with Crippen LogP contribution in [0.2, 0.25) is 0 Å². The van der Waals surface area contributed by atoms with Crippen molar-refractivity contribution in [1.29, 1.82) is 0 Å². The number of furan rings is 1. The number of hydrogen-bond donors (Lipinski definition) is 1. The molecule has 114 valence electrons. The van der Waals surface area contributed by atoms with Crippen molar-refractivity contribution in [3.8, 4) is 11.6 Å². The van der Waals surface area contributed by atoms with Crippen LogP contribution in [0.15, 0.2) is 16.5 Å². The third-order valence-corrected chi connectivity index (χ3v) is 4.09. The Morgan fingerprint density at radius 3 is 2.48 bits per heavy atom. The first-order valence-electron chi connectivity index (χ1n) is 7.21. The van der Waals surface area contributed by atoms with Gasteiger partial charge in [0.25, 0.3) is 0 Å². The Labute approximate surface area is 139 Å². The second-order valence-corrected chi connectivity index (χ2v) is 7.22. The van der Waals surface area contributed by atoms with E-state index in [0.717, 1.165) is 33.8 Å². The Kier molecular flexibility index (Phi) is 4.91. The van der Waals surface area contributed by atoms with Crippen molar-refractivity contribution in [2.75, 3.05) is 11.9 Å². The van der Waals surface area contributed by atoms with Crippen LogP contribution < -0.4 is 5.32 Å². The number of nitrogens with zero attached hydrogens (tertiary/aromatic N) is 2. The van der Waals surface area contributed by atoms with Gasteiger partial charge in [-0.1, -0.05) is 27.7 Å². The molecule has 0 unspecified atom stereocenters. The van der Waals surface area contributed by atoms with E-state index in [2.05, 4.69) is 60.6 Å². The summed E-state index contributed by atoms with van der Waals surface area (Å²) in [5.41, 5.74) is 0.999. The Balaban J connectivity index is 2.55.